The van der Waals surface area contributed by atoms with Gasteiger partial charge in [-0.2, -0.15) is 0 Å². The van der Waals surface area contributed by atoms with Crippen molar-refractivity contribution in [1.29, 1.82) is 0 Å². The fraction of sp³-hybridized carbons (Fsp3) is 0.429. The summed E-state index contributed by atoms with van der Waals surface area (Å²) in [6.45, 7) is 5.66. The molecule has 1 amide bonds. The van der Waals surface area contributed by atoms with Crippen molar-refractivity contribution < 1.29 is 19.4 Å². The van der Waals surface area contributed by atoms with E-state index in [1.165, 1.54) is 0 Å². The lowest BCUT2D eigenvalue weighted by Gasteiger charge is -2.19. The Bertz CT molecular complexity index is 451. The first-order chi connectivity index (χ1) is 8.86. The van der Waals surface area contributed by atoms with Crippen LogP contribution in [0.4, 0.5) is 0 Å². The van der Waals surface area contributed by atoms with Crippen molar-refractivity contribution in [2.45, 2.75) is 20.8 Å². The van der Waals surface area contributed by atoms with Crippen LogP contribution in [0.1, 0.15) is 31.1 Å². The molecular formula is C14H19NO4. The lowest BCUT2D eigenvalue weighted by molar-refractivity contribution is -0.146. The van der Waals surface area contributed by atoms with Gasteiger partial charge in [-0.1, -0.05) is 0 Å². The number of rotatable bonds is 6. The number of amides is 1. The first kappa shape index (κ1) is 15.0. The molecule has 1 rings (SSSR count). The molecule has 0 aromatic heterocycles. The van der Waals surface area contributed by atoms with Crippen LogP contribution in [0, 0.1) is 5.41 Å². The van der Waals surface area contributed by atoms with Gasteiger partial charge in [-0.25, -0.2) is 0 Å². The van der Waals surface area contributed by atoms with Crippen molar-refractivity contribution in [2.75, 3.05) is 13.2 Å². The van der Waals surface area contributed by atoms with Gasteiger partial charge in [0.2, 0.25) is 0 Å². The fourth-order valence-corrected chi connectivity index (χ4v) is 1.35. The summed E-state index contributed by atoms with van der Waals surface area (Å²) < 4.78 is 5.28. The monoisotopic (exact) mass is 265 g/mol. The molecule has 19 heavy (non-hydrogen) atoms. The first-order valence-corrected chi connectivity index (χ1v) is 6.11. The van der Waals surface area contributed by atoms with E-state index in [1.807, 2.05) is 6.92 Å². The third kappa shape index (κ3) is 4.28. The number of benzene rings is 1. The first-order valence-electron chi connectivity index (χ1n) is 6.11. The van der Waals surface area contributed by atoms with E-state index in [-0.39, 0.29) is 12.5 Å². The Hall–Kier alpha value is -2.04. The molecule has 1 aromatic carbocycles. The predicted molar refractivity (Wildman–Crippen MR) is 71.4 cm³/mol. The minimum atomic E-state index is -0.985. The van der Waals surface area contributed by atoms with Crippen LogP contribution in [-0.4, -0.2) is 30.1 Å². The fourth-order valence-electron chi connectivity index (χ4n) is 1.35. The van der Waals surface area contributed by atoms with Crippen LogP contribution in [0.25, 0.3) is 0 Å². The van der Waals surface area contributed by atoms with E-state index in [0.717, 1.165) is 0 Å². The maximum absolute atomic E-state index is 11.8. The van der Waals surface area contributed by atoms with E-state index in [0.29, 0.717) is 17.9 Å². The Balaban J connectivity index is 2.61. The molecule has 0 aliphatic rings. The molecule has 0 saturated carbocycles. The average molecular weight is 265 g/mol. The van der Waals surface area contributed by atoms with Crippen LogP contribution in [0.15, 0.2) is 24.3 Å². The van der Waals surface area contributed by atoms with Crippen molar-refractivity contribution in [3.05, 3.63) is 29.8 Å². The predicted octanol–water partition coefficient (Wildman–Crippen LogP) is 1.93. The van der Waals surface area contributed by atoms with Gasteiger partial charge in [-0.3, -0.25) is 9.59 Å². The molecule has 2 N–H and O–H groups in total. The number of carboxylic acid groups (broad SMARTS) is 1. The zero-order valence-corrected chi connectivity index (χ0v) is 11.4. The maximum Gasteiger partial charge on any atom is 0.310 e. The molecule has 0 heterocycles. The van der Waals surface area contributed by atoms with Crippen LogP contribution in [0.2, 0.25) is 0 Å². The van der Waals surface area contributed by atoms with Gasteiger partial charge in [0.25, 0.3) is 5.91 Å². The Labute approximate surface area is 112 Å². The van der Waals surface area contributed by atoms with Gasteiger partial charge in [0.1, 0.15) is 5.75 Å². The van der Waals surface area contributed by atoms with Gasteiger partial charge in [-0.05, 0) is 45.0 Å². The second-order valence-electron chi connectivity index (χ2n) is 4.83. The molecule has 0 unspecified atom stereocenters. The van der Waals surface area contributed by atoms with E-state index in [4.69, 9.17) is 9.84 Å². The second kappa shape index (κ2) is 6.22. The minimum absolute atomic E-state index is 0.0778. The van der Waals surface area contributed by atoms with E-state index in [2.05, 4.69) is 5.32 Å². The molecule has 0 saturated heterocycles. The van der Waals surface area contributed by atoms with E-state index in [1.54, 1.807) is 38.1 Å². The molecule has 0 spiro atoms. The zero-order chi connectivity index (χ0) is 14.5. The number of hydrogen-bond donors (Lipinski definition) is 2. The highest BCUT2D eigenvalue weighted by Gasteiger charge is 2.27. The molecule has 1 aromatic rings. The minimum Gasteiger partial charge on any atom is -0.494 e. The standard InChI is InChI=1S/C14H19NO4/c1-4-19-11-7-5-10(6-8-11)12(16)15-9-14(2,3)13(17)18/h5-8H,4,9H2,1-3H3,(H,15,16)(H,17,18). The average Bonchev–Trinajstić information content (AvgIpc) is 2.37. The third-order valence-electron chi connectivity index (χ3n) is 2.70. The summed E-state index contributed by atoms with van der Waals surface area (Å²) in [4.78, 5) is 22.8. The number of nitrogens with one attached hydrogen (secondary N) is 1. The maximum atomic E-state index is 11.8. The molecular weight excluding hydrogens is 246 g/mol. The van der Waals surface area contributed by atoms with Crippen LogP contribution in [0.5, 0.6) is 5.75 Å². The normalized spacial score (nSPS) is 10.9. The Morgan fingerprint density at radius 3 is 2.32 bits per heavy atom. The van der Waals surface area contributed by atoms with E-state index >= 15 is 0 Å². The summed E-state index contributed by atoms with van der Waals surface area (Å²) in [6.07, 6.45) is 0. The summed E-state index contributed by atoms with van der Waals surface area (Å²) in [5, 5.41) is 11.6. The number of hydrogen-bond acceptors (Lipinski definition) is 3. The van der Waals surface area contributed by atoms with Crippen molar-refractivity contribution in [1.82, 2.24) is 5.32 Å². The number of aliphatic carboxylic acids is 1. The van der Waals surface area contributed by atoms with Crippen molar-refractivity contribution in [3.63, 3.8) is 0 Å². The number of ether oxygens (including phenoxy) is 1. The van der Waals surface area contributed by atoms with Crippen LogP contribution in [0.3, 0.4) is 0 Å². The van der Waals surface area contributed by atoms with Gasteiger partial charge in [-0.15, -0.1) is 0 Å². The summed E-state index contributed by atoms with van der Waals surface area (Å²) in [6, 6.07) is 6.71. The molecule has 104 valence electrons. The van der Waals surface area contributed by atoms with E-state index < -0.39 is 11.4 Å². The highest BCUT2D eigenvalue weighted by Crippen LogP contribution is 2.15. The van der Waals surface area contributed by atoms with Crippen LogP contribution < -0.4 is 10.1 Å². The number of carboxylic acids is 1. The zero-order valence-electron chi connectivity index (χ0n) is 11.4. The molecule has 0 aliphatic heterocycles. The van der Waals surface area contributed by atoms with Crippen molar-refractivity contribution in [3.8, 4) is 5.75 Å². The lowest BCUT2D eigenvalue weighted by Crippen LogP contribution is -2.38. The summed E-state index contributed by atoms with van der Waals surface area (Å²) in [5.41, 5.74) is -0.509. The molecule has 0 bridgehead atoms. The largest absolute Gasteiger partial charge is 0.494 e. The van der Waals surface area contributed by atoms with Crippen molar-refractivity contribution >= 4 is 11.9 Å². The third-order valence-corrected chi connectivity index (χ3v) is 2.70. The molecule has 0 radical (unpaired) electrons. The quantitative estimate of drug-likeness (QED) is 0.824. The smallest absolute Gasteiger partial charge is 0.310 e. The summed E-state index contributed by atoms with van der Waals surface area (Å²) in [7, 11) is 0. The molecule has 5 nitrogen and oxygen atoms in total. The van der Waals surface area contributed by atoms with Crippen LogP contribution in [-0.2, 0) is 4.79 Å². The molecule has 0 atom stereocenters. The van der Waals surface area contributed by atoms with Gasteiger partial charge >= 0.3 is 5.97 Å². The number of carbonyl (C=O) groups excluding carboxylic acids is 1. The van der Waals surface area contributed by atoms with Gasteiger partial charge in [0.05, 0.1) is 12.0 Å². The van der Waals surface area contributed by atoms with Gasteiger partial charge < -0.3 is 15.2 Å². The number of carbonyl (C=O) groups is 2. The SMILES string of the molecule is CCOc1ccc(C(=O)NCC(C)(C)C(=O)O)cc1. The van der Waals surface area contributed by atoms with Crippen LogP contribution >= 0.6 is 0 Å². The Kier molecular flexibility index (Phi) is 4.92. The molecule has 0 fully saturated rings. The Morgan fingerprint density at radius 1 is 1.26 bits per heavy atom. The highest BCUT2D eigenvalue weighted by molar-refractivity contribution is 5.94. The summed E-state index contributed by atoms with van der Waals surface area (Å²) in [5.74, 6) is -0.540. The van der Waals surface area contributed by atoms with Gasteiger partial charge in [0, 0.05) is 12.1 Å². The van der Waals surface area contributed by atoms with Crippen molar-refractivity contribution in [2.24, 2.45) is 5.41 Å². The highest BCUT2D eigenvalue weighted by atomic mass is 16.5. The topological polar surface area (TPSA) is 75.6 Å². The Morgan fingerprint density at radius 2 is 1.84 bits per heavy atom. The van der Waals surface area contributed by atoms with Gasteiger partial charge in [0.15, 0.2) is 0 Å². The lowest BCUT2D eigenvalue weighted by atomic mass is 9.94. The molecule has 0 aliphatic carbocycles. The molecule has 5 heteroatoms. The van der Waals surface area contributed by atoms with E-state index in [9.17, 15) is 9.59 Å². The summed E-state index contributed by atoms with van der Waals surface area (Å²) >= 11 is 0. The second-order valence-corrected chi connectivity index (χ2v) is 4.83.